The van der Waals surface area contributed by atoms with E-state index in [-0.39, 0.29) is 23.9 Å². The summed E-state index contributed by atoms with van der Waals surface area (Å²) in [5.74, 6) is 0.0454. The molecular formula is C14H19BrClF3N2O2. The van der Waals surface area contributed by atoms with Gasteiger partial charge in [0.1, 0.15) is 0 Å². The van der Waals surface area contributed by atoms with Crippen molar-refractivity contribution in [1.29, 1.82) is 0 Å². The van der Waals surface area contributed by atoms with E-state index in [1.807, 2.05) is 4.90 Å². The molecule has 132 valence electrons. The molecule has 0 unspecified atom stereocenters. The Bertz CT molecular complexity index is 525. The molecule has 1 aromatic rings. The van der Waals surface area contributed by atoms with Crippen LogP contribution in [-0.4, -0.2) is 49.5 Å². The summed E-state index contributed by atoms with van der Waals surface area (Å²) in [6.45, 7) is 2.40. The van der Waals surface area contributed by atoms with Crippen molar-refractivity contribution in [1.82, 2.24) is 10.2 Å². The molecule has 0 bridgehead atoms. The molecule has 0 amide bonds. The summed E-state index contributed by atoms with van der Waals surface area (Å²) in [7, 11) is 1.37. The lowest BCUT2D eigenvalue weighted by Gasteiger charge is -2.36. The minimum absolute atomic E-state index is 0. The molecule has 1 aliphatic rings. The second-order valence-electron chi connectivity index (χ2n) is 5.17. The first-order valence-corrected chi connectivity index (χ1v) is 7.69. The standard InChI is InChI=1S/C14H18BrF3N2O2.ClH/c1-22-12-7-9(6-10(15)13(12)21)11(8-14(16,17)18)20-4-2-19-3-5-20;/h6-7,11,19,21H,2-5,8H2,1H3;1H/t11-;/m1./s1. The molecule has 2 rings (SSSR count). The summed E-state index contributed by atoms with van der Waals surface area (Å²) >= 11 is 3.17. The van der Waals surface area contributed by atoms with Crippen molar-refractivity contribution in [2.75, 3.05) is 33.3 Å². The molecule has 9 heteroatoms. The Kier molecular flexibility index (Phi) is 7.44. The van der Waals surface area contributed by atoms with Crippen LogP contribution in [-0.2, 0) is 0 Å². The van der Waals surface area contributed by atoms with Crippen molar-refractivity contribution in [3.05, 3.63) is 22.2 Å². The number of phenols is 1. The summed E-state index contributed by atoms with van der Waals surface area (Å²) in [5, 5.41) is 13.0. The number of ether oxygens (including phenoxy) is 1. The molecule has 0 spiro atoms. The van der Waals surface area contributed by atoms with Gasteiger partial charge in [0, 0.05) is 32.2 Å². The number of nitrogens with zero attached hydrogens (tertiary/aromatic N) is 1. The van der Waals surface area contributed by atoms with E-state index in [1.165, 1.54) is 19.2 Å². The number of hydrogen-bond acceptors (Lipinski definition) is 4. The fourth-order valence-electron chi connectivity index (χ4n) is 2.61. The fraction of sp³-hybridized carbons (Fsp3) is 0.571. The van der Waals surface area contributed by atoms with Gasteiger partial charge in [-0.1, -0.05) is 0 Å². The maximum Gasteiger partial charge on any atom is 0.390 e. The van der Waals surface area contributed by atoms with Crippen molar-refractivity contribution < 1.29 is 23.0 Å². The maximum absolute atomic E-state index is 13.0. The lowest BCUT2D eigenvalue weighted by Crippen LogP contribution is -2.46. The van der Waals surface area contributed by atoms with Crippen molar-refractivity contribution in [2.45, 2.75) is 18.6 Å². The van der Waals surface area contributed by atoms with Crippen LogP contribution in [0.5, 0.6) is 11.5 Å². The number of piperazine rings is 1. The highest BCUT2D eigenvalue weighted by Crippen LogP contribution is 2.41. The molecule has 0 radical (unpaired) electrons. The predicted molar refractivity (Wildman–Crippen MR) is 87.5 cm³/mol. The van der Waals surface area contributed by atoms with Gasteiger partial charge in [-0.15, -0.1) is 12.4 Å². The number of halogens is 5. The van der Waals surface area contributed by atoms with Crippen LogP contribution in [0.3, 0.4) is 0 Å². The van der Waals surface area contributed by atoms with E-state index < -0.39 is 18.6 Å². The number of methoxy groups -OCH3 is 1. The van der Waals surface area contributed by atoms with Gasteiger partial charge in [0.15, 0.2) is 11.5 Å². The third-order valence-corrected chi connectivity index (χ3v) is 4.28. The molecule has 4 nitrogen and oxygen atoms in total. The first-order chi connectivity index (χ1) is 10.3. The molecule has 0 aromatic heterocycles. The van der Waals surface area contributed by atoms with Crippen LogP contribution >= 0.6 is 28.3 Å². The third-order valence-electron chi connectivity index (χ3n) is 3.67. The Morgan fingerprint density at radius 1 is 1.35 bits per heavy atom. The van der Waals surface area contributed by atoms with Crippen molar-refractivity contribution in [3.63, 3.8) is 0 Å². The molecule has 0 aliphatic carbocycles. The number of aromatic hydroxyl groups is 1. The average molecular weight is 420 g/mol. The molecule has 0 saturated carbocycles. The molecule has 1 atom stereocenters. The highest BCUT2D eigenvalue weighted by molar-refractivity contribution is 9.10. The van der Waals surface area contributed by atoms with Gasteiger partial charge in [-0.3, -0.25) is 4.90 Å². The molecular weight excluding hydrogens is 401 g/mol. The zero-order valence-electron chi connectivity index (χ0n) is 12.5. The highest BCUT2D eigenvalue weighted by atomic mass is 79.9. The number of benzene rings is 1. The van der Waals surface area contributed by atoms with Crippen LogP contribution in [0.4, 0.5) is 13.2 Å². The molecule has 23 heavy (non-hydrogen) atoms. The lowest BCUT2D eigenvalue weighted by atomic mass is 10.00. The summed E-state index contributed by atoms with van der Waals surface area (Å²) < 4.78 is 44.3. The van der Waals surface area contributed by atoms with Gasteiger partial charge in [0.2, 0.25) is 0 Å². The topological polar surface area (TPSA) is 44.7 Å². The average Bonchev–Trinajstić information content (AvgIpc) is 2.47. The molecule has 1 aromatic carbocycles. The monoisotopic (exact) mass is 418 g/mol. The first-order valence-electron chi connectivity index (χ1n) is 6.89. The van der Waals surface area contributed by atoms with Gasteiger partial charge in [-0.25, -0.2) is 0 Å². The summed E-state index contributed by atoms with van der Waals surface area (Å²) in [6, 6.07) is 2.20. The zero-order valence-corrected chi connectivity index (χ0v) is 14.9. The maximum atomic E-state index is 13.0. The summed E-state index contributed by atoms with van der Waals surface area (Å²) in [6.07, 6.45) is -5.21. The zero-order chi connectivity index (χ0) is 16.3. The van der Waals surface area contributed by atoms with Crippen LogP contribution < -0.4 is 10.1 Å². The Morgan fingerprint density at radius 3 is 2.48 bits per heavy atom. The number of hydrogen-bond donors (Lipinski definition) is 2. The minimum atomic E-state index is -4.27. The van der Waals surface area contributed by atoms with Crippen LogP contribution in [0.15, 0.2) is 16.6 Å². The van der Waals surface area contributed by atoms with Crippen molar-refractivity contribution in [3.8, 4) is 11.5 Å². The number of rotatable bonds is 4. The van der Waals surface area contributed by atoms with Gasteiger partial charge in [-0.05, 0) is 33.6 Å². The van der Waals surface area contributed by atoms with E-state index >= 15 is 0 Å². The molecule has 1 heterocycles. The van der Waals surface area contributed by atoms with Crippen LogP contribution in [0.1, 0.15) is 18.0 Å². The summed E-state index contributed by atoms with van der Waals surface area (Å²) in [4.78, 5) is 1.81. The second-order valence-corrected chi connectivity index (χ2v) is 6.03. The van der Waals surface area contributed by atoms with E-state index in [0.717, 1.165) is 0 Å². The van der Waals surface area contributed by atoms with E-state index in [1.54, 1.807) is 0 Å². The normalized spacial score (nSPS) is 17.4. The van der Waals surface area contributed by atoms with E-state index in [4.69, 9.17) is 4.74 Å². The highest BCUT2D eigenvalue weighted by Gasteiger charge is 2.36. The second kappa shape index (κ2) is 8.41. The van der Waals surface area contributed by atoms with Crippen LogP contribution in [0.25, 0.3) is 0 Å². The Labute approximate surface area is 147 Å². The lowest BCUT2D eigenvalue weighted by molar-refractivity contribution is -0.148. The Balaban J connectivity index is 0.00000264. The molecule has 2 N–H and O–H groups in total. The minimum Gasteiger partial charge on any atom is -0.503 e. The SMILES string of the molecule is COc1cc([C@@H](CC(F)(F)F)N2CCNCC2)cc(Br)c1O.Cl. The largest absolute Gasteiger partial charge is 0.503 e. The third kappa shape index (κ3) is 5.41. The van der Waals surface area contributed by atoms with Gasteiger partial charge in [0.05, 0.1) is 18.0 Å². The van der Waals surface area contributed by atoms with Gasteiger partial charge >= 0.3 is 6.18 Å². The number of phenolic OH excluding ortho intramolecular Hbond substituents is 1. The number of alkyl halides is 3. The Morgan fingerprint density at radius 2 is 1.96 bits per heavy atom. The van der Waals surface area contributed by atoms with Gasteiger partial charge in [-0.2, -0.15) is 13.2 Å². The smallest absolute Gasteiger partial charge is 0.390 e. The van der Waals surface area contributed by atoms with Gasteiger partial charge < -0.3 is 15.2 Å². The van der Waals surface area contributed by atoms with E-state index in [9.17, 15) is 18.3 Å². The predicted octanol–water partition coefficient (Wildman–Crippen LogP) is 3.48. The van der Waals surface area contributed by atoms with Gasteiger partial charge in [0.25, 0.3) is 0 Å². The van der Waals surface area contributed by atoms with E-state index in [2.05, 4.69) is 21.2 Å². The molecule has 1 aliphatic heterocycles. The molecule has 1 saturated heterocycles. The van der Waals surface area contributed by atoms with E-state index in [0.29, 0.717) is 36.2 Å². The fourth-order valence-corrected chi connectivity index (χ4v) is 3.07. The van der Waals surface area contributed by atoms with Crippen molar-refractivity contribution in [2.24, 2.45) is 0 Å². The molecule has 1 fully saturated rings. The quantitative estimate of drug-likeness (QED) is 0.784. The van der Waals surface area contributed by atoms with Crippen LogP contribution in [0.2, 0.25) is 0 Å². The van der Waals surface area contributed by atoms with Crippen LogP contribution in [0, 0.1) is 0 Å². The number of nitrogens with one attached hydrogen (secondary N) is 1. The van der Waals surface area contributed by atoms with Crippen molar-refractivity contribution >= 4 is 28.3 Å². The Hall–Kier alpha value is -0.700. The summed E-state index contributed by atoms with van der Waals surface area (Å²) in [5.41, 5.74) is 0.473. The first kappa shape index (κ1) is 20.3.